The highest BCUT2D eigenvalue weighted by molar-refractivity contribution is 7.51. The highest BCUT2D eigenvalue weighted by Gasteiger charge is 2.41. The van der Waals surface area contributed by atoms with Crippen LogP contribution < -0.4 is 0 Å². The molecule has 16 heavy (non-hydrogen) atoms. The second kappa shape index (κ2) is 5.58. The average Bonchev–Trinajstić information content (AvgIpc) is 2.23. The lowest BCUT2D eigenvalue weighted by Gasteiger charge is -2.38. The van der Waals surface area contributed by atoms with Gasteiger partial charge in [0.25, 0.3) is 0 Å². The molecule has 1 aliphatic heterocycles. The average molecular weight is 253 g/mol. The molecular formula is C9H20NO5P. The lowest BCUT2D eigenvalue weighted by Crippen LogP contribution is -2.36. The Morgan fingerprint density at radius 3 is 2.00 bits per heavy atom. The lowest BCUT2D eigenvalue weighted by molar-refractivity contribution is 0.0172. The maximum atomic E-state index is 12.3. The molecule has 0 aromatic carbocycles. The molecule has 0 bridgehead atoms. The zero-order valence-electron chi connectivity index (χ0n) is 9.76. The van der Waals surface area contributed by atoms with Crippen LogP contribution in [0.15, 0.2) is 0 Å². The molecule has 0 amide bonds. The summed E-state index contributed by atoms with van der Waals surface area (Å²) in [6.07, 6.45) is 0. The first-order valence-electron chi connectivity index (χ1n) is 5.30. The Hall–Kier alpha value is 0.0300. The van der Waals surface area contributed by atoms with Crippen LogP contribution in [0.5, 0.6) is 0 Å². The van der Waals surface area contributed by atoms with Gasteiger partial charge < -0.3 is 10.2 Å². The van der Waals surface area contributed by atoms with Crippen molar-refractivity contribution in [1.29, 1.82) is 0 Å². The van der Waals surface area contributed by atoms with Crippen LogP contribution in [0.4, 0.5) is 0 Å². The molecule has 1 rings (SSSR count). The van der Waals surface area contributed by atoms with Gasteiger partial charge in [-0.15, -0.1) is 0 Å². The van der Waals surface area contributed by atoms with Crippen molar-refractivity contribution >= 4 is 7.75 Å². The predicted octanol–water partition coefficient (Wildman–Crippen LogP) is 0.454. The van der Waals surface area contributed by atoms with Crippen molar-refractivity contribution in [2.75, 3.05) is 39.5 Å². The van der Waals surface area contributed by atoms with E-state index in [1.54, 1.807) is 0 Å². The first-order valence-corrected chi connectivity index (χ1v) is 6.79. The summed E-state index contributed by atoms with van der Waals surface area (Å²) in [7, 11) is -3.32. The van der Waals surface area contributed by atoms with Crippen molar-refractivity contribution < 1.29 is 23.8 Å². The molecule has 1 aliphatic rings. The Morgan fingerprint density at radius 1 is 1.19 bits per heavy atom. The quantitative estimate of drug-likeness (QED) is 0.693. The van der Waals surface area contributed by atoms with Gasteiger partial charge in [0.05, 0.1) is 26.4 Å². The molecule has 1 saturated heterocycles. The standard InChI is InChI=1S/C9H20NO5P/c1-9(2)7-14-16(13,15-8-9)10(3-5-11)4-6-12/h11-12H,3-8H2,1-2H3. The Morgan fingerprint density at radius 2 is 1.62 bits per heavy atom. The SMILES string of the molecule is CC1(C)COP(=O)(N(CCO)CCO)OC1. The van der Waals surface area contributed by atoms with Gasteiger partial charge in [-0.25, -0.2) is 9.24 Å². The third-order valence-corrected chi connectivity index (χ3v) is 4.30. The zero-order chi connectivity index (χ0) is 12.2. The molecule has 0 unspecified atom stereocenters. The normalized spacial score (nSPS) is 23.6. The summed E-state index contributed by atoms with van der Waals surface area (Å²) in [5.74, 6) is 0. The summed E-state index contributed by atoms with van der Waals surface area (Å²) in [4.78, 5) is 0. The van der Waals surface area contributed by atoms with Gasteiger partial charge in [-0.2, -0.15) is 0 Å². The van der Waals surface area contributed by atoms with E-state index in [9.17, 15) is 4.57 Å². The van der Waals surface area contributed by atoms with Crippen LogP contribution in [0.2, 0.25) is 0 Å². The molecule has 0 spiro atoms. The van der Waals surface area contributed by atoms with Gasteiger partial charge in [-0.1, -0.05) is 13.8 Å². The number of nitrogens with zero attached hydrogens (tertiary/aromatic N) is 1. The summed E-state index contributed by atoms with van der Waals surface area (Å²) in [5.41, 5.74) is -0.155. The van der Waals surface area contributed by atoms with Crippen LogP contribution in [0.3, 0.4) is 0 Å². The van der Waals surface area contributed by atoms with E-state index in [1.165, 1.54) is 4.67 Å². The fourth-order valence-corrected chi connectivity index (χ4v) is 3.44. The Bertz CT molecular complexity index is 251. The maximum absolute atomic E-state index is 12.3. The zero-order valence-corrected chi connectivity index (χ0v) is 10.7. The monoisotopic (exact) mass is 253 g/mol. The van der Waals surface area contributed by atoms with Crippen LogP contribution in [0, 0.1) is 5.41 Å². The molecule has 7 heteroatoms. The summed E-state index contributed by atoms with van der Waals surface area (Å²) in [6, 6.07) is 0. The van der Waals surface area contributed by atoms with Gasteiger partial charge in [0.15, 0.2) is 0 Å². The van der Waals surface area contributed by atoms with Crippen LogP contribution in [0.1, 0.15) is 13.8 Å². The molecule has 0 atom stereocenters. The van der Waals surface area contributed by atoms with Crippen molar-refractivity contribution in [2.45, 2.75) is 13.8 Å². The Kier molecular flexibility index (Phi) is 4.91. The van der Waals surface area contributed by atoms with Crippen LogP contribution in [-0.4, -0.2) is 54.4 Å². The number of aliphatic hydroxyl groups excluding tert-OH is 2. The minimum atomic E-state index is -3.32. The first kappa shape index (κ1) is 14.1. The smallest absolute Gasteiger partial charge is 0.395 e. The second-order valence-electron chi connectivity index (χ2n) is 4.58. The molecule has 0 aliphatic carbocycles. The maximum Gasteiger partial charge on any atom is 0.408 e. The van der Waals surface area contributed by atoms with E-state index in [1.807, 2.05) is 13.8 Å². The third-order valence-electron chi connectivity index (χ3n) is 2.30. The topological polar surface area (TPSA) is 79.2 Å². The van der Waals surface area contributed by atoms with E-state index in [0.717, 1.165) is 0 Å². The van der Waals surface area contributed by atoms with E-state index in [0.29, 0.717) is 13.2 Å². The summed E-state index contributed by atoms with van der Waals surface area (Å²) < 4.78 is 24.2. The van der Waals surface area contributed by atoms with Crippen molar-refractivity contribution in [3.05, 3.63) is 0 Å². The Labute approximate surface area is 95.7 Å². The minimum Gasteiger partial charge on any atom is -0.395 e. The molecule has 0 aromatic heterocycles. The van der Waals surface area contributed by atoms with E-state index in [-0.39, 0.29) is 31.7 Å². The van der Waals surface area contributed by atoms with Gasteiger partial charge in [0, 0.05) is 18.5 Å². The molecule has 1 fully saturated rings. The minimum absolute atomic E-state index is 0.153. The molecule has 2 N–H and O–H groups in total. The van der Waals surface area contributed by atoms with Gasteiger partial charge in [-0.3, -0.25) is 9.05 Å². The van der Waals surface area contributed by atoms with Gasteiger partial charge in [0.2, 0.25) is 0 Å². The number of rotatable bonds is 5. The second-order valence-corrected chi connectivity index (χ2v) is 6.60. The number of hydrogen-bond acceptors (Lipinski definition) is 5. The van der Waals surface area contributed by atoms with Crippen molar-refractivity contribution in [1.82, 2.24) is 4.67 Å². The number of aliphatic hydroxyl groups is 2. The van der Waals surface area contributed by atoms with Crippen LogP contribution in [-0.2, 0) is 13.6 Å². The molecule has 0 aromatic rings. The molecule has 0 saturated carbocycles. The van der Waals surface area contributed by atoms with Crippen LogP contribution >= 0.6 is 7.75 Å². The molecule has 1 heterocycles. The first-order chi connectivity index (χ1) is 7.43. The van der Waals surface area contributed by atoms with Crippen LogP contribution in [0.25, 0.3) is 0 Å². The highest BCUT2D eigenvalue weighted by atomic mass is 31.2. The van der Waals surface area contributed by atoms with E-state index >= 15 is 0 Å². The Balaban J connectivity index is 2.65. The van der Waals surface area contributed by atoms with Gasteiger partial charge >= 0.3 is 7.75 Å². The lowest BCUT2D eigenvalue weighted by atomic mass is 9.97. The molecule has 96 valence electrons. The van der Waals surface area contributed by atoms with Gasteiger partial charge in [-0.05, 0) is 0 Å². The fourth-order valence-electron chi connectivity index (χ4n) is 1.34. The molecular weight excluding hydrogens is 233 g/mol. The van der Waals surface area contributed by atoms with E-state index in [2.05, 4.69) is 0 Å². The van der Waals surface area contributed by atoms with Crippen molar-refractivity contribution in [2.24, 2.45) is 5.41 Å². The van der Waals surface area contributed by atoms with E-state index in [4.69, 9.17) is 19.3 Å². The van der Waals surface area contributed by atoms with E-state index < -0.39 is 7.75 Å². The molecule has 6 nitrogen and oxygen atoms in total. The largest absolute Gasteiger partial charge is 0.408 e. The number of hydrogen-bond donors (Lipinski definition) is 2. The molecule has 0 radical (unpaired) electrons. The van der Waals surface area contributed by atoms with Gasteiger partial charge in [0.1, 0.15) is 0 Å². The predicted molar refractivity (Wildman–Crippen MR) is 59.0 cm³/mol. The summed E-state index contributed by atoms with van der Waals surface area (Å²) in [5, 5.41) is 17.7. The third kappa shape index (κ3) is 3.52. The summed E-state index contributed by atoms with van der Waals surface area (Å²) >= 11 is 0. The highest BCUT2D eigenvalue weighted by Crippen LogP contribution is 2.56. The van der Waals surface area contributed by atoms with Crippen molar-refractivity contribution in [3.63, 3.8) is 0 Å². The fraction of sp³-hybridized carbons (Fsp3) is 1.00. The van der Waals surface area contributed by atoms with Crippen molar-refractivity contribution in [3.8, 4) is 0 Å². The summed E-state index contributed by atoms with van der Waals surface area (Å²) in [6.45, 7) is 4.63.